The van der Waals surface area contributed by atoms with Gasteiger partial charge in [0, 0.05) is 58.4 Å². The number of nitrogens with one attached hydrogen (secondary N) is 2. The van der Waals surface area contributed by atoms with E-state index in [1.165, 1.54) is 39.3 Å². The first-order valence-corrected chi connectivity index (χ1v) is 12.0. The van der Waals surface area contributed by atoms with E-state index in [4.69, 9.17) is 12.2 Å². The van der Waals surface area contributed by atoms with Crippen molar-refractivity contribution in [3.63, 3.8) is 0 Å². The van der Waals surface area contributed by atoms with Crippen molar-refractivity contribution in [1.82, 2.24) is 15.5 Å². The molecule has 2 aliphatic rings. The van der Waals surface area contributed by atoms with E-state index in [1.54, 1.807) is 0 Å². The molecule has 2 aromatic rings. The van der Waals surface area contributed by atoms with E-state index in [-0.39, 0.29) is 6.04 Å². The molecule has 0 spiro atoms. The first-order chi connectivity index (χ1) is 15.9. The summed E-state index contributed by atoms with van der Waals surface area (Å²) in [5.41, 5.74) is 8.68. The summed E-state index contributed by atoms with van der Waals surface area (Å²) in [6.07, 6.45) is 3.44. The zero-order chi connectivity index (χ0) is 23.5. The van der Waals surface area contributed by atoms with Gasteiger partial charge in [-0.05, 0) is 77.8 Å². The predicted octanol–water partition coefficient (Wildman–Crippen LogP) is 4.40. The Morgan fingerprint density at radius 2 is 1.55 bits per heavy atom. The number of hydrogen-bond donors (Lipinski definition) is 2. The van der Waals surface area contributed by atoms with E-state index in [0.29, 0.717) is 5.11 Å². The van der Waals surface area contributed by atoms with Gasteiger partial charge >= 0.3 is 0 Å². The van der Waals surface area contributed by atoms with Crippen molar-refractivity contribution >= 4 is 34.8 Å². The van der Waals surface area contributed by atoms with E-state index < -0.39 is 0 Å². The molecular formula is C27H35N5S. The van der Waals surface area contributed by atoms with Gasteiger partial charge in [0.25, 0.3) is 0 Å². The third-order valence-electron chi connectivity index (χ3n) is 6.33. The number of benzene rings is 2. The number of rotatable bonds is 6. The predicted molar refractivity (Wildman–Crippen MR) is 145 cm³/mol. The Morgan fingerprint density at radius 3 is 2.12 bits per heavy atom. The van der Waals surface area contributed by atoms with Crippen LogP contribution in [-0.2, 0) is 0 Å². The summed E-state index contributed by atoms with van der Waals surface area (Å²) in [5, 5.41) is 7.72. The molecule has 2 aromatic carbocycles. The Kier molecular flexibility index (Phi) is 7.05. The minimum atomic E-state index is 0.0733. The fourth-order valence-corrected chi connectivity index (χ4v) is 4.80. The van der Waals surface area contributed by atoms with Gasteiger partial charge in [-0.1, -0.05) is 31.2 Å². The van der Waals surface area contributed by atoms with Gasteiger partial charge in [-0.15, -0.1) is 0 Å². The molecule has 0 amide bonds. The number of hydrogen-bond acceptors (Lipinski definition) is 4. The molecule has 1 atom stereocenters. The van der Waals surface area contributed by atoms with Crippen molar-refractivity contribution in [2.45, 2.75) is 19.4 Å². The topological polar surface area (TPSA) is 33.8 Å². The van der Waals surface area contributed by atoms with Crippen LogP contribution in [0.3, 0.4) is 0 Å². The third kappa shape index (κ3) is 5.23. The highest BCUT2D eigenvalue weighted by molar-refractivity contribution is 7.80. The van der Waals surface area contributed by atoms with Gasteiger partial charge in [0.05, 0.1) is 6.04 Å². The summed E-state index contributed by atoms with van der Waals surface area (Å²) < 4.78 is 0. The summed E-state index contributed by atoms with van der Waals surface area (Å²) in [4.78, 5) is 6.79. The van der Waals surface area contributed by atoms with Crippen molar-refractivity contribution in [3.8, 4) is 0 Å². The van der Waals surface area contributed by atoms with E-state index in [1.807, 2.05) is 0 Å². The van der Waals surface area contributed by atoms with Crippen LogP contribution in [0.25, 0.3) is 6.08 Å². The summed E-state index contributed by atoms with van der Waals surface area (Å²) in [7, 11) is 8.28. The Hall–Kier alpha value is -2.83. The second kappa shape index (κ2) is 9.98. The van der Waals surface area contributed by atoms with Gasteiger partial charge in [-0.3, -0.25) is 4.90 Å². The molecule has 33 heavy (non-hydrogen) atoms. The van der Waals surface area contributed by atoms with E-state index in [0.717, 1.165) is 26.1 Å². The van der Waals surface area contributed by atoms with Crippen molar-refractivity contribution in [2.24, 2.45) is 0 Å². The highest BCUT2D eigenvalue weighted by Gasteiger charge is 2.33. The average Bonchev–Trinajstić information content (AvgIpc) is 2.80. The molecule has 0 saturated carbocycles. The summed E-state index contributed by atoms with van der Waals surface area (Å²) in [6.45, 7) is 5.18. The van der Waals surface area contributed by atoms with E-state index in [9.17, 15) is 0 Å². The Morgan fingerprint density at radius 1 is 0.939 bits per heavy atom. The first-order valence-electron chi connectivity index (χ1n) is 11.6. The average molecular weight is 462 g/mol. The lowest BCUT2D eigenvalue weighted by Gasteiger charge is -2.40. The molecule has 4 rings (SSSR count). The number of anilines is 2. The van der Waals surface area contributed by atoms with Gasteiger partial charge in [-0.25, -0.2) is 0 Å². The molecule has 0 unspecified atom stereocenters. The summed E-state index contributed by atoms with van der Waals surface area (Å²) >= 11 is 5.65. The lowest BCUT2D eigenvalue weighted by atomic mass is 9.88. The molecule has 5 nitrogen and oxygen atoms in total. The largest absolute Gasteiger partial charge is 0.378 e. The highest BCUT2D eigenvalue weighted by atomic mass is 32.1. The minimum Gasteiger partial charge on any atom is -0.378 e. The molecule has 6 heteroatoms. The van der Waals surface area contributed by atoms with Crippen molar-refractivity contribution < 1.29 is 0 Å². The van der Waals surface area contributed by atoms with E-state index in [2.05, 4.69) is 115 Å². The van der Waals surface area contributed by atoms with Crippen LogP contribution in [0.5, 0.6) is 0 Å². The highest BCUT2D eigenvalue weighted by Crippen LogP contribution is 2.35. The van der Waals surface area contributed by atoms with Crippen LogP contribution in [0.15, 0.2) is 65.4 Å². The number of nitrogens with zero attached hydrogens (tertiary/aromatic N) is 3. The van der Waals surface area contributed by atoms with Crippen LogP contribution in [-0.4, -0.2) is 57.8 Å². The zero-order valence-electron chi connectivity index (χ0n) is 20.4. The second-order valence-electron chi connectivity index (χ2n) is 9.28. The molecular weight excluding hydrogens is 426 g/mol. The fraction of sp³-hybridized carbons (Fsp3) is 0.370. The zero-order valence-corrected chi connectivity index (χ0v) is 21.2. The lowest BCUT2D eigenvalue weighted by molar-refractivity contribution is 0.301. The Balaban J connectivity index is 1.74. The Labute approximate surface area is 203 Å². The molecule has 2 heterocycles. The molecule has 0 fully saturated rings. The van der Waals surface area contributed by atoms with Crippen molar-refractivity contribution in [2.75, 3.05) is 57.6 Å². The fourth-order valence-electron chi connectivity index (χ4n) is 4.58. The van der Waals surface area contributed by atoms with E-state index >= 15 is 0 Å². The van der Waals surface area contributed by atoms with Crippen LogP contribution < -0.4 is 20.4 Å². The van der Waals surface area contributed by atoms with Crippen molar-refractivity contribution in [1.29, 1.82) is 0 Å². The third-order valence-corrected chi connectivity index (χ3v) is 6.55. The van der Waals surface area contributed by atoms with Gasteiger partial charge in [0.15, 0.2) is 5.11 Å². The molecule has 0 saturated heterocycles. The molecule has 0 radical (unpaired) electrons. The van der Waals surface area contributed by atoms with Crippen LogP contribution >= 0.6 is 12.2 Å². The SMILES string of the molecule is CCCN1CC(=Cc2ccc(N(C)C)cc2)C2=C(C1)[C@@H](c1ccc(N(C)C)cc1)NC(=S)N2. The Bertz CT molecular complexity index is 1050. The van der Waals surface area contributed by atoms with Crippen molar-refractivity contribution in [3.05, 3.63) is 76.5 Å². The maximum Gasteiger partial charge on any atom is 0.171 e. The minimum absolute atomic E-state index is 0.0733. The molecule has 2 N–H and O–H groups in total. The standard InChI is InChI=1S/C27H35N5S/c1-6-15-32-17-21(16-19-7-11-22(12-8-19)30(2)3)26-24(18-32)25(28-27(33)29-26)20-9-13-23(14-10-20)31(4)5/h7-14,16,25H,6,15,17-18H2,1-5H3,(H2,28,29,33)/t25-/m1/s1. The van der Waals surface area contributed by atoms with Crippen LogP contribution in [0.4, 0.5) is 11.4 Å². The van der Waals surface area contributed by atoms with Crippen LogP contribution in [0, 0.1) is 0 Å². The monoisotopic (exact) mass is 461 g/mol. The maximum atomic E-state index is 5.65. The smallest absolute Gasteiger partial charge is 0.171 e. The van der Waals surface area contributed by atoms with Gasteiger partial charge in [0.2, 0.25) is 0 Å². The number of thiocarbonyl (C=S) groups is 1. The summed E-state index contributed by atoms with van der Waals surface area (Å²) in [5.74, 6) is 0. The molecule has 0 bridgehead atoms. The van der Waals surface area contributed by atoms with Gasteiger partial charge < -0.3 is 20.4 Å². The van der Waals surface area contributed by atoms with Crippen LogP contribution in [0.1, 0.15) is 30.5 Å². The molecule has 0 aromatic heterocycles. The maximum absolute atomic E-state index is 5.65. The molecule has 2 aliphatic heterocycles. The normalized spacial score (nSPS) is 19.7. The quantitative estimate of drug-likeness (QED) is 0.621. The van der Waals surface area contributed by atoms with Gasteiger partial charge in [0.1, 0.15) is 0 Å². The molecule has 174 valence electrons. The van der Waals surface area contributed by atoms with Gasteiger partial charge in [-0.2, -0.15) is 0 Å². The molecule has 0 aliphatic carbocycles. The second-order valence-corrected chi connectivity index (χ2v) is 9.69. The van der Waals surface area contributed by atoms with Crippen LogP contribution in [0.2, 0.25) is 0 Å². The lowest BCUT2D eigenvalue weighted by Crippen LogP contribution is -2.50. The summed E-state index contributed by atoms with van der Waals surface area (Å²) in [6, 6.07) is 17.6. The first kappa shape index (κ1) is 23.3.